The smallest absolute Gasteiger partial charge is 0.120 e. The van der Waals surface area contributed by atoms with Gasteiger partial charge in [0.25, 0.3) is 0 Å². The molecule has 1 heterocycles. The molecule has 0 radical (unpaired) electrons. The van der Waals surface area contributed by atoms with E-state index >= 15 is 0 Å². The van der Waals surface area contributed by atoms with Crippen LogP contribution in [0.15, 0.2) is 40.2 Å². The van der Waals surface area contributed by atoms with Crippen molar-refractivity contribution in [1.29, 1.82) is 0 Å². The molecule has 3 N–H and O–H groups in total. The van der Waals surface area contributed by atoms with Crippen molar-refractivity contribution in [2.24, 2.45) is 5.84 Å². The minimum Gasteiger partial charge on any atom is -0.491 e. The van der Waals surface area contributed by atoms with Crippen LogP contribution < -0.4 is 16.0 Å². The van der Waals surface area contributed by atoms with E-state index < -0.39 is 0 Å². The van der Waals surface area contributed by atoms with Gasteiger partial charge in [-0.3, -0.25) is 5.84 Å². The summed E-state index contributed by atoms with van der Waals surface area (Å²) in [6, 6.07) is 12.1. The predicted octanol–water partition coefficient (Wildman–Crippen LogP) is 3.85. The molecule has 0 saturated carbocycles. The first-order valence-corrected chi connectivity index (χ1v) is 7.69. The SMILES string of the molecule is CC(C)Oc1cccc(C(NN)c2ccc(Br)s2)c1. The van der Waals surface area contributed by atoms with E-state index in [2.05, 4.69) is 27.4 Å². The Labute approximate surface area is 125 Å². The number of ether oxygens (including phenoxy) is 1. The molecule has 0 fully saturated rings. The van der Waals surface area contributed by atoms with Crippen molar-refractivity contribution in [3.63, 3.8) is 0 Å². The van der Waals surface area contributed by atoms with Crippen molar-refractivity contribution < 1.29 is 4.74 Å². The third kappa shape index (κ3) is 3.79. The van der Waals surface area contributed by atoms with Gasteiger partial charge in [-0.15, -0.1) is 11.3 Å². The first kappa shape index (κ1) is 14.5. The summed E-state index contributed by atoms with van der Waals surface area (Å²) in [5.74, 6) is 6.56. The van der Waals surface area contributed by atoms with Crippen molar-refractivity contribution in [1.82, 2.24) is 5.43 Å². The molecule has 0 spiro atoms. The highest BCUT2D eigenvalue weighted by atomic mass is 79.9. The Morgan fingerprint density at radius 1 is 1.26 bits per heavy atom. The average Bonchev–Trinajstić information content (AvgIpc) is 2.76. The number of benzene rings is 1. The molecule has 5 heteroatoms. The van der Waals surface area contributed by atoms with Crippen LogP contribution in [0.25, 0.3) is 0 Å². The lowest BCUT2D eigenvalue weighted by Gasteiger charge is -2.17. The molecule has 0 aliphatic rings. The van der Waals surface area contributed by atoms with Crippen molar-refractivity contribution in [3.8, 4) is 5.75 Å². The number of hydrazine groups is 1. The van der Waals surface area contributed by atoms with Gasteiger partial charge in [-0.2, -0.15) is 0 Å². The van der Waals surface area contributed by atoms with Crippen molar-refractivity contribution in [2.75, 3.05) is 0 Å². The van der Waals surface area contributed by atoms with E-state index in [4.69, 9.17) is 10.6 Å². The van der Waals surface area contributed by atoms with Crippen LogP contribution >= 0.6 is 27.3 Å². The molecule has 19 heavy (non-hydrogen) atoms. The molecule has 0 saturated heterocycles. The van der Waals surface area contributed by atoms with Crippen molar-refractivity contribution >= 4 is 27.3 Å². The van der Waals surface area contributed by atoms with Gasteiger partial charge in [-0.25, -0.2) is 5.43 Å². The van der Waals surface area contributed by atoms with Crippen LogP contribution in [0.3, 0.4) is 0 Å². The molecule has 1 aromatic heterocycles. The fraction of sp³-hybridized carbons (Fsp3) is 0.286. The number of nitrogens with one attached hydrogen (secondary N) is 1. The highest BCUT2D eigenvalue weighted by molar-refractivity contribution is 9.11. The predicted molar refractivity (Wildman–Crippen MR) is 83.4 cm³/mol. The first-order chi connectivity index (χ1) is 9.10. The van der Waals surface area contributed by atoms with E-state index in [0.717, 1.165) is 20.0 Å². The molecule has 0 amide bonds. The molecule has 1 atom stereocenters. The van der Waals surface area contributed by atoms with Crippen LogP contribution in [-0.4, -0.2) is 6.10 Å². The molecule has 3 nitrogen and oxygen atoms in total. The van der Waals surface area contributed by atoms with Crippen LogP contribution in [0.2, 0.25) is 0 Å². The topological polar surface area (TPSA) is 47.3 Å². The molecule has 2 rings (SSSR count). The van der Waals surface area contributed by atoms with E-state index in [1.54, 1.807) is 11.3 Å². The molecule has 2 aromatic rings. The Balaban J connectivity index is 2.28. The van der Waals surface area contributed by atoms with Crippen LogP contribution in [0.1, 0.15) is 30.3 Å². The summed E-state index contributed by atoms with van der Waals surface area (Å²) in [6.45, 7) is 4.03. The lowest BCUT2D eigenvalue weighted by Crippen LogP contribution is -2.28. The summed E-state index contributed by atoms with van der Waals surface area (Å²) < 4.78 is 6.81. The summed E-state index contributed by atoms with van der Waals surface area (Å²) in [4.78, 5) is 1.16. The first-order valence-electron chi connectivity index (χ1n) is 6.08. The van der Waals surface area contributed by atoms with Gasteiger partial charge in [0.15, 0.2) is 0 Å². The quantitative estimate of drug-likeness (QED) is 0.641. The Kier molecular flexibility index (Phi) is 4.99. The number of halogens is 1. The number of nitrogens with two attached hydrogens (primary N) is 1. The van der Waals surface area contributed by atoms with E-state index in [0.29, 0.717) is 0 Å². The second-order valence-corrected chi connectivity index (χ2v) is 6.98. The third-order valence-corrected chi connectivity index (χ3v) is 4.30. The molecular formula is C14H17BrN2OS. The molecular weight excluding hydrogens is 324 g/mol. The number of rotatable bonds is 5. The lowest BCUT2D eigenvalue weighted by molar-refractivity contribution is 0.242. The van der Waals surface area contributed by atoms with Gasteiger partial charge < -0.3 is 4.74 Å². The van der Waals surface area contributed by atoms with E-state index in [1.165, 1.54) is 0 Å². The zero-order valence-electron chi connectivity index (χ0n) is 10.9. The van der Waals surface area contributed by atoms with Crippen LogP contribution in [0, 0.1) is 0 Å². The molecule has 0 aliphatic carbocycles. The van der Waals surface area contributed by atoms with Crippen molar-refractivity contribution in [3.05, 3.63) is 50.6 Å². The minimum absolute atomic E-state index is 0.0213. The highest BCUT2D eigenvalue weighted by Crippen LogP contribution is 2.32. The molecule has 102 valence electrons. The zero-order chi connectivity index (χ0) is 13.8. The normalized spacial score (nSPS) is 12.7. The summed E-state index contributed by atoms with van der Waals surface area (Å²) in [5.41, 5.74) is 3.96. The van der Waals surface area contributed by atoms with Gasteiger partial charge in [-0.1, -0.05) is 12.1 Å². The van der Waals surface area contributed by atoms with Gasteiger partial charge in [0, 0.05) is 4.88 Å². The molecule has 1 aromatic carbocycles. The molecule has 1 unspecified atom stereocenters. The van der Waals surface area contributed by atoms with Crippen LogP contribution in [-0.2, 0) is 0 Å². The minimum atomic E-state index is -0.0213. The summed E-state index contributed by atoms with van der Waals surface area (Å²) in [5, 5.41) is 0. The monoisotopic (exact) mass is 340 g/mol. The van der Waals surface area contributed by atoms with Gasteiger partial charge >= 0.3 is 0 Å². The van der Waals surface area contributed by atoms with E-state index in [1.807, 2.05) is 44.2 Å². The zero-order valence-corrected chi connectivity index (χ0v) is 13.3. The second kappa shape index (κ2) is 6.52. The van der Waals surface area contributed by atoms with Gasteiger partial charge in [0.2, 0.25) is 0 Å². The average molecular weight is 341 g/mol. The Hall–Kier alpha value is -0.880. The standard InChI is InChI=1S/C14H17BrN2OS/c1-9(2)18-11-5-3-4-10(8-11)14(17-16)12-6-7-13(15)19-12/h3-9,14,17H,16H2,1-2H3. The Morgan fingerprint density at radius 2 is 2.05 bits per heavy atom. The van der Waals surface area contributed by atoms with Gasteiger partial charge in [0.1, 0.15) is 5.75 Å². The highest BCUT2D eigenvalue weighted by Gasteiger charge is 2.15. The van der Waals surface area contributed by atoms with Gasteiger partial charge in [0.05, 0.1) is 15.9 Å². The van der Waals surface area contributed by atoms with E-state index in [9.17, 15) is 0 Å². The number of hydrogen-bond donors (Lipinski definition) is 2. The summed E-state index contributed by atoms with van der Waals surface area (Å²) >= 11 is 5.14. The Bertz CT molecular complexity index is 542. The Morgan fingerprint density at radius 3 is 2.63 bits per heavy atom. The fourth-order valence-corrected chi connectivity index (χ4v) is 3.38. The summed E-state index contributed by atoms with van der Waals surface area (Å²) in [7, 11) is 0. The van der Waals surface area contributed by atoms with Crippen molar-refractivity contribution in [2.45, 2.75) is 26.0 Å². The largest absolute Gasteiger partial charge is 0.491 e. The molecule has 0 aliphatic heterocycles. The maximum atomic E-state index is 5.72. The fourth-order valence-electron chi connectivity index (χ4n) is 1.87. The number of hydrogen-bond acceptors (Lipinski definition) is 4. The third-order valence-electron chi connectivity index (χ3n) is 2.61. The maximum Gasteiger partial charge on any atom is 0.120 e. The summed E-state index contributed by atoms with van der Waals surface area (Å²) in [6.07, 6.45) is 0.162. The lowest BCUT2D eigenvalue weighted by atomic mass is 10.1. The number of thiophene rings is 1. The van der Waals surface area contributed by atoms with Crippen LogP contribution in [0.4, 0.5) is 0 Å². The maximum absolute atomic E-state index is 5.72. The van der Waals surface area contributed by atoms with Crippen LogP contribution in [0.5, 0.6) is 5.75 Å². The van der Waals surface area contributed by atoms with E-state index in [-0.39, 0.29) is 12.1 Å². The van der Waals surface area contributed by atoms with Gasteiger partial charge in [-0.05, 0) is 59.6 Å². The second-order valence-electron chi connectivity index (χ2n) is 4.48. The molecule has 0 bridgehead atoms.